The van der Waals surface area contributed by atoms with E-state index in [0.29, 0.717) is 0 Å². The monoisotopic (exact) mass is 592 g/mol. The third-order valence-corrected chi connectivity index (χ3v) is 9.59. The van der Waals surface area contributed by atoms with E-state index in [4.69, 9.17) is 0 Å². The Labute approximate surface area is 256 Å². The molecule has 0 unspecified atom stereocenters. The molecular formula is C38H34F2S2. The van der Waals surface area contributed by atoms with Gasteiger partial charge in [0, 0.05) is 32.4 Å². The van der Waals surface area contributed by atoms with Crippen LogP contribution < -0.4 is 0 Å². The van der Waals surface area contributed by atoms with Crippen LogP contribution in [0.2, 0.25) is 0 Å². The zero-order chi connectivity index (χ0) is 29.6. The first kappa shape index (κ1) is 29.6. The first-order chi connectivity index (χ1) is 20.2. The van der Waals surface area contributed by atoms with Gasteiger partial charge in [0.1, 0.15) is 11.6 Å². The predicted molar refractivity (Wildman–Crippen MR) is 177 cm³/mol. The molecule has 4 aromatic carbocycles. The van der Waals surface area contributed by atoms with Crippen molar-refractivity contribution in [2.75, 3.05) is 0 Å². The third-order valence-electron chi connectivity index (χ3n) is 7.32. The molecule has 0 nitrogen and oxygen atoms in total. The lowest BCUT2D eigenvalue weighted by Crippen LogP contribution is -1.90. The van der Waals surface area contributed by atoms with Gasteiger partial charge in [0.25, 0.3) is 0 Å². The first-order valence-corrected chi connectivity index (χ1v) is 15.7. The number of thiophene rings is 2. The molecule has 0 amide bonds. The van der Waals surface area contributed by atoms with E-state index in [0.717, 1.165) is 24.0 Å². The Morgan fingerprint density at radius 2 is 0.833 bits per heavy atom. The quantitative estimate of drug-likeness (QED) is 0.180. The van der Waals surface area contributed by atoms with Gasteiger partial charge < -0.3 is 0 Å². The van der Waals surface area contributed by atoms with Gasteiger partial charge in [-0.15, -0.1) is 22.7 Å². The molecule has 6 aromatic rings. The minimum atomic E-state index is -0.189. The fourth-order valence-electron chi connectivity index (χ4n) is 4.84. The van der Waals surface area contributed by atoms with Crippen molar-refractivity contribution in [2.45, 2.75) is 40.5 Å². The average molecular weight is 593 g/mol. The average Bonchev–Trinajstić information content (AvgIpc) is 3.64. The topological polar surface area (TPSA) is 0 Å². The molecule has 42 heavy (non-hydrogen) atoms. The Bertz CT molecular complexity index is 1640. The van der Waals surface area contributed by atoms with Gasteiger partial charge in [0.2, 0.25) is 0 Å². The van der Waals surface area contributed by atoms with Gasteiger partial charge in [0.15, 0.2) is 0 Å². The molecule has 0 radical (unpaired) electrons. The zero-order valence-corrected chi connectivity index (χ0v) is 26.0. The maximum Gasteiger partial charge on any atom is 0.123 e. The molecule has 0 bridgehead atoms. The van der Waals surface area contributed by atoms with Crippen LogP contribution in [0.15, 0.2) is 109 Å². The van der Waals surface area contributed by atoms with Crippen LogP contribution in [0, 0.1) is 39.3 Å². The molecule has 2 heterocycles. The summed E-state index contributed by atoms with van der Waals surface area (Å²) >= 11 is 3.56. The molecule has 0 fully saturated rings. The molecule has 0 spiro atoms. The molecule has 0 aliphatic carbocycles. The number of hydrogen-bond donors (Lipinski definition) is 0. The molecule has 0 aliphatic heterocycles. The number of rotatable bonds is 6. The van der Waals surface area contributed by atoms with Crippen LogP contribution in [0.25, 0.3) is 20.9 Å². The van der Waals surface area contributed by atoms with Crippen molar-refractivity contribution in [3.05, 3.63) is 164 Å². The van der Waals surface area contributed by atoms with Crippen LogP contribution in [-0.4, -0.2) is 0 Å². The summed E-state index contributed by atoms with van der Waals surface area (Å²) in [6, 6.07) is 35.2. The SMILES string of the molecule is Cc1ccc(C)c(Cc2ccc(-c3ccc(F)cc3)s2)c1.Cc1ccc(C)c(Cc2ccc(-c3ccc(F)cc3)s2)c1. The predicted octanol–water partition coefficient (Wildman–Crippen LogP) is 11.5. The van der Waals surface area contributed by atoms with Crippen molar-refractivity contribution in [3.63, 3.8) is 0 Å². The second-order valence-corrected chi connectivity index (χ2v) is 13.1. The third kappa shape index (κ3) is 7.70. The van der Waals surface area contributed by atoms with E-state index in [2.05, 4.69) is 88.4 Å². The summed E-state index contributed by atoms with van der Waals surface area (Å²) in [5, 5.41) is 0. The van der Waals surface area contributed by atoms with E-state index in [1.165, 1.54) is 77.2 Å². The summed E-state index contributed by atoms with van der Waals surface area (Å²) in [4.78, 5) is 5.05. The van der Waals surface area contributed by atoms with Gasteiger partial charge in [-0.3, -0.25) is 0 Å². The molecule has 0 N–H and O–H groups in total. The second kappa shape index (κ2) is 13.4. The van der Waals surface area contributed by atoms with Crippen LogP contribution in [0.1, 0.15) is 43.1 Å². The Balaban J connectivity index is 0.000000168. The first-order valence-electron chi connectivity index (χ1n) is 14.0. The fourth-order valence-corrected chi connectivity index (χ4v) is 6.91. The van der Waals surface area contributed by atoms with Crippen molar-refractivity contribution in [1.82, 2.24) is 0 Å². The maximum atomic E-state index is 13.0. The summed E-state index contributed by atoms with van der Waals surface area (Å²) in [6.07, 6.45) is 1.92. The number of halogens is 2. The molecule has 0 saturated heterocycles. The minimum Gasteiger partial charge on any atom is -0.207 e. The van der Waals surface area contributed by atoms with Crippen molar-refractivity contribution in [2.24, 2.45) is 0 Å². The largest absolute Gasteiger partial charge is 0.207 e. The van der Waals surface area contributed by atoms with Crippen molar-refractivity contribution < 1.29 is 8.78 Å². The van der Waals surface area contributed by atoms with E-state index in [9.17, 15) is 8.78 Å². The normalized spacial score (nSPS) is 10.8. The van der Waals surface area contributed by atoms with Gasteiger partial charge in [-0.25, -0.2) is 8.78 Å². The summed E-state index contributed by atoms with van der Waals surface area (Å²) in [5.41, 5.74) is 10.2. The second-order valence-electron chi connectivity index (χ2n) is 10.8. The Morgan fingerprint density at radius 1 is 0.452 bits per heavy atom. The Morgan fingerprint density at radius 3 is 1.21 bits per heavy atom. The molecule has 6 rings (SSSR count). The smallest absolute Gasteiger partial charge is 0.123 e. The highest BCUT2D eigenvalue weighted by molar-refractivity contribution is 7.15. The van der Waals surface area contributed by atoms with Gasteiger partial charge in [-0.2, -0.15) is 0 Å². The fraction of sp³-hybridized carbons (Fsp3) is 0.158. The van der Waals surface area contributed by atoms with Crippen LogP contribution >= 0.6 is 22.7 Å². The summed E-state index contributed by atoms with van der Waals surface area (Å²) in [7, 11) is 0. The lowest BCUT2D eigenvalue weighted by atomic mass is 10.0. The van der Waals surface area contributed by atoms with Crippen molar-refractivity contribution in [3.8, 4) is 20.9 Å². The van der Waals surface area contributed by atoms with Crippen molar-refractivity contribution in [1.29, 1.82) is 0 Å². The summed E-state index contributed by atoms with van der Waals surface area (Å²) < 4.78 is 26.0. The zero-order valence-electron chi connectivity index (χ0n) is 24.4. The standard InChI is InChI=1S/2C19H17FS/c2*1-13-3-4-14(2)16(11-13)12-18-9-10-19(21-18)15-5-7-17(20)8-6-15/h2*3-11H,12H2,1-2H3. The van der Waals surface area contributed by atoms with Crippen LogP contribution in [0.5, 0.6) is 0 Å². The molecule has 0 saturated carbocycles. The van der Waals surface area contributed by atoms with Crippen molar-refractivity contribution >= 4 is 22.7 Å². The highest BCUT2D eigenvalue weighted by Gasteiger charge is 2.08. The van der Waals surface area contributed by atoms with Gasteiger partial charge in [-0.1, -0.05) is 71.8 Å². The highest BCUT2D eigenvalue weighted by Crippen LogP contribution is 2.31. The number of aryl methyl sites for hydroxylation is 4. The van der Waals surface area contributed by atoms with Gasteiger partial charge in [0.05, 0.1) is 0 Å². The van der Waals surface area contributed by atoms with Gasteiger partial charge in [-0.05, 0) is 110 Å². The number of benzene rings is 4. The van der Waals surface area contributed by atoms with E-state index >= 15 is 0 Å². The lowest BCUT2D eigenvalue weighted by Gasteiger charge is -2.05. The van der Waals surface area contributed by atoms with E-state index in [1.807, 2.05) is 24.3 Å². The molecule has 0 atom stereocenters. The van der Waals surface area contributed by atoms with E-state index in [-0.39, 0.29) is 11.6 Å². The summed E-state index contributed by atoms with van der Waals surface area (Å²) in [6.45, 7) is 8.56. The highest BCUT2D eigenvalue weighted by atomic mass is 32.1. The Hall–Kier alpha value is -3.86. The van der Waals surface area contributed by atoms with Crippen LogP contribution in [0.3, 0.4) is 0 Å². The lowest BCUT2D eigenvalue weighted by molar-refractivity contribution is 0.627. The van der Waals surface area contributed by atoms with Gasteiger partial charge >= 0.3 is 0 Å². The molecule has 0 aliphatic rings. The molecule has 2 aromatic heterocycles. The van der Waals surface area contributed by atoms with E-state index < -0.39 is 0 Å². The van der Waals surface area contributed by atoms with Crippen LogP contribution in [-0.2, 0) is 12.8 Å². The van der Waals surface area contributed by atoms with E-state index in [1.54, 1.807) is 22.7 Å². The summed E-state index contributed by atoms with van der Waals surface area (Å²) in [5.74, 6) is -0.378. The molecular weight excluding hydrogens is 559 g/mol. The molecule has 212 valence electrons. The molecule has 4 heteroatoms. The van der Waals surface area contributed by atoms with Crippen LogP contribution in [0.4, 0.5) is 8.78 Å². The maximum absolute atomic E-state index is 13.0. The minimum absolute atomic E-state index is 0.189. The Kier molecular flexibility index (Phi) is 9.46. The number of hydrogen-bond acceptors (Lipinski definition) is 2.